The normalized spacial score (nSPS) is 24.1. The molecule has 1 atom stereocenters. The SMILES string of the molecule is COC1(OC)CCCC1Oc1cc(Cl)ccc1N1C(=O)C2=C(CCCC2)C1=O. The second-order valence-corrected chi connectivity index (χ2v) is 7.88. The first-order valence-electron chi connectivity index (χ1n) is 9.68. The Morgan fingerprint density at radius 3 is 2.29 bits per heavy atom. The van der Waals surface area contributed by atoms with E-state index in [9.17, 15) is 9.59 Å². The number of hydrogen-bond donors (Lipinski definition) is 0. The number of imide groups is 1. The van der Waals surface area contributed by atoms with E-state index in [-0.39, 0.29) is 17.9 Å². The second-order valence-electron chi connectivity index (χ2n) is 7.44. The summed E-state index contributed by atoms with van der Waals surface area (Å²) in [6.07, 6.45) is 5.14. The lowest BCUT2D eigenvalue weighted by Gasteiger charge is -2.33. The highest BCUT2D eigenvalue weighted by atomic mass is 35.5. The zero-order valence-electron chi connectivity index (χ0n) is 16.1. The van der Waals surface area contributed by atoms with Gasteiger partial charge in [-0.3, -0.25) is 9.59 Å². The Morgan fingerprint density at radius 2 is 1.68 bits per heavy atom. The highest BCUT2D eigenvalue weighted by Crippen LogP contribution is 2.43. The molecule has 1 unspecified atom stereocenters. The monoisotopic (exact) mass is 405 g/mol. The van der Waals surface area contributed by atoms with E-state index in [2.05, 4.69) is 0 Å². The van der Waals surface area contributed by atoms with Crippen LogP contribution in [0.4, 0.5) is 5.69 Å². The summed E-state index contributed by atoms with van der Waals surface area (Å²) < 4.78 is 17.5. The topological polar surface area (TPSA) is 65.1 Å². The quantitative estimate of drug-likeness (QED) is 0.547. The van der Waals surface area contributed by atoms with E-state index in [4.69, 9.17) is 25.8 Å². The minimum atomic E-state index is -0.851. The lowest BCUT2D eigenvalue weighted by molar-refractivity contribution is -0.239. The van der Waals surface area contributed by atoms with Gasteiger partial charge in [-0.25, -0.2) is 4.90 Å². The summed E-state index contributed by atoms with van der Waals surface area (Å²) in [7, 11) is 3.19. The van der Waals surface area contributed by atoms with Gasteiger partial charge >= 0.3 is 0 Å². The first kappa shape index (κ1) is 19.4. The highest BCUT2D eigenvalue weighted by Gasteiger charge is 2.47. The van der Waals surface area contributed by atoms with Crippen molar-refractivity contribution in [1.29, 1.82) is 0 Å². The Kier molecular flexibility index (Phi) is 5.21. The zero-order valence-corrected chi connectivity index (χ0v) is 16.9. The van der Waals surface area contributed by atoms with Crippen LogP contribution in [0.5, 0.6) is 5.75 Å². The highest BCUT2D eigenvalue weighted by molar-refractivity contribution is 6.34. The molecule has 3 aliphatic rings. The van der Waals surface area contributed by atoms with Crippen LogP contribution in [0.1, 0.15) is 44.9 Å². The van der Waals surface area contributed by atoms with Gasteiger partial charge in [0.05, 0.1) is 5.69 Å². The van der Waals surface area contributed by atoms with Crippen molar-refractivity contribution >= 4 is 29.1 Å². The molecule has 0 spiro atoms. The van der Waals surface area contributed by atoms with Crippen LogP contribution in [0.3, 0.4) is 0 Å². The number of hydrogen-bond acceptors (Lipinski definition) is 5. The number of benzene rings is 1. The molecular formula is C21H24ClNO5. The van der Waals surface area contributed by atoms with Crippen LogP contribution in [0, 0.1) is 0 Å². The molecule has 1 aromatic rings. The Bertz CT molecular complexity index is 817. The Morgan fingerprint density at radius 1 is 1.04 bits per heavy atom. The van der Waals surface area contributed by atoms with E-state index < -0.39 is 5.79 Å². The van der Waals surface area contributed by atoms with Crippen molar-refractivity contribution in [2.75, 3.05) is 19.1 Å². The maximum atomic E-state index is 13.0. The van der Waals surface area contributed by atoms with Gasteiger partial charge in [0.15, 0.2) is 6.10 Å². The van der Waals surface area contributed by atoms with Crippen molar-refractivity contribution in [3.63, 3.8) is 0 Å². The largest absolute Gasteiger partial charge is 0.483 e. The number of amides is 2. The van der Waals surface area contributed by atoms with Crippen LogP contribution in [0.15, 0.2) is 29.3 Å². The molecule has 7 heteroatoms. The molecule has 1 aromatic carbocycles. The molecule has 0 radical (unpaired) electrons. The van der Waals surface area contributed by atoms with Gasteiger partial charge in [-0.1, -0.05) is 11.6 Å². The van der Waals surface area contributed by atoms with E-state index in [0.29, 0.717) is 46.9 Å². The fraction of sp³-hybridized carbons (Fsp3) is 0.524. The molecule has 4 rings (SSSR count). The predicted octanol–water partition coefficient (Wildman–Crippen LogP) is 4.00. The third-order valence-electron chi connectivity index (χ3n) is 6.00. The van der Waals surface area contributed by atoms with Crippen molar-refractivity contribution in [2.45, 2.75) is 56.8 Å². The molecule has 1 aliphatic heterocycles. The molecule has 0 N–H and O–H groups in total. The molecule has 1 heterocycles. The van der Waals surface area contributed by atoms with Crippen LogP contribution >= 0.6 is 11.6 Å². The van der Waals surface area contributed by atoms with E-state index >= 15 is 0 Å². The lowest BCUT2D eigenvalue weighted by atomic mass is 9.93. The fourth-order valence-electron chi connectivity index (χ4n) is 4.49. The van der Waals surface area contributed by atoms with Gasteiger partial charge in [-0.15, -0.1) is 0 Å². The van der Waals surface area contributed by atoms with Crippen molar-refractivity contribution < 1.29 is 23.8 Å². The molecule has 28 heavy (non-hydrogen) atoms. The van der Waals surface area contributed by atoms with Crippen molar-refractivity contribution in [3.05, 3.63) is 34.4 Å². The molecule has 2 aliphatic carbocycles. The number of rotatable bonds is 5. The van der Waals surface area contributed by atoms with Crippen LogP contribution in [-0.2, 0) is 19.1 Å². The average molecular weight is 406 g/mol. The van der Waals surface area contributed by atoms with E-state index in [0.717, 1.165) is 25.7 Å². The fourth-order valence-corrected chi connectivity index (χ4v) is 4.65. The van der Waals surface area contributed by atoms with Crippen LogP contribution in [0.2, 0.25) is 5.02 Å². The minimum absolute atomic E-state index is 0.247. The Balaban J connectivity index is 1.69. The summed E-state index contributed by atoms with van der Waals surface area (Å²) in [4.78, 5) is 27.2. The van der Waals surface area contributed by atoms with Gasteiger partial charge in [0.25, 0.3) is 11.8 Å². The number of carbonyl (C=O) groups excluding carboxylic acids is 2. The molecular weight excluding hydrogens is 382 g/mol. The number of halogens is 1. The second kappa shape index (κ2) is 7.50. The Labute approximate surface area is 169 Å². The van der Waals surface area contributed by atoms with Gasteiger partial charge in [0.2, 0.25) is 5.79 Å². The molecule has 1 saturated carbocycles. The summed E-state index contributed by atoms with van der Waals surface area (Å²) >= 11 is 6.20. The van der Waals surface area contributed by atoms with Gasteiger partial charge < -0.3 is 14.2 Å². The zero-order chi connectivity index (χ0) is 19.9. The molecule has 1 fully saturated rings. The summed E-state index contributed by atoms with van der Waals surface area (Å²) in [5.41, 5.74) is 1.70. The molecule has 2 amide bonds. The smallest absolute Gasteiger partial charge is 0.261 e. The molecule has 150 valence electrons. The molecule has 6 nitrogen and oxygen atoms in total. The Hall–Kier alpha value is -1.89. The van der Waals surface area contributed by atoms with E-state index in [1.54, 1.807) is 32.4 Å². The third kappa shape index (κ3) is 3.04. The number of anilines is 1. The summed E-state index contributed by atoms with van der Waals surface area (Å²) in [6.45, 7) is 0. The summed E-state index contributed by atoms with van der Waals surface area (Å²) in [5.74, 6) is -0.957. The number of ether oxygens (including phenoxy) is 3. The number of nitrogens with zero attached hydrogens (tertiary/aromatic N) is 1. The van der Waals surface area contributed by atoms with Crippen LogP contribution in [0.25, 0.3) is 0 Å². The number of methoxy groups -OCH3 is 2. The van der Waals surface area contributed by atoms with Gasteiger partial charge in [-0.2, -0.15) is 0 Å². The summed E-state index contributed by atoms with van der Waals surface area (Å²) in [5, 5.41) is 0.467. The van der Waals surface area contributed by atoms with E-state index in [1.807, 2.05) is 0 Å². The van der Waals surface area contributed by atoms with Crippen LogP contribution < -0.4 is 9.64 Å². The molecule has 0 aromatic heterocycles. The third-order valence-corrected chi connectivity index (χ3v) is 6.23. The van der Waals surface area contributed by atoms with Crippen molar-refractivity contribution in [1.82, 2.24) is 0 Å². The first-order valence-corrected chi connectivity index (χ1v) is 10.1. The van der Waals surface area contributed by atoms with Crippen LogP contribution in [-0.4, -0.2) is 37.9 Å². The maximum Gasteiger partial charge on any atom is 0.261 e. The molecule has 0 bridgehead atoms. The van der Waals surface area contributed by atoms with Crippen molar-refractivity contribution in [3.8, 4) is 5.75 Å². The minimum Gasteiger partial charge on any atom is -0.483 e. The molecule has 0 saturated heterocycles. The standard InChI is InChI=1S/C21H24ClNO5/c1-26-21(27-2)11-5-8-18(21)28-17-12-13(22)9-10-16(17)23-19(24)14-6-3-4-7-15(14)20(23)25/h9-10,12,18H,3-8,11H2,1-2H3. The lowest BCUT2D eigenvalue weighted by Crippen LogP contribution is -2.45. The van der Waals surface area contributed by atoms with Gasteiger partial charge in [0.1, 0.15) is 5.75 Å². The average Bonchev–Trinajstić information content (AvgIpc) is 3.22. The first-order chi connectivity index (χ1) is 13.5. The maximum absolute atomic E-state index is 13.0. The number of carbonyl (C=O) groups is 2. The summed E-state index contributed by atoms with van der Waals surface area (Å²) in [6, 6.07) is 4.97. The van der Waals surface area contributed by atoms with Gasteiger partial charge in [-0.05, 0) is 50.7 Å². The van der Waals surface area contributed by atoms with E-state index in [1.165, 1.54) is 4.90 Å². The predicted molar refractivity (Wildman–Crippen MR) is 104 cm³/mol. The van der Waals surface area contributed by atoms with Gasteiger partial charge in [0, 0.05) is 42.9 Å². The van der Waals surface area contributed by atoms with Crippen molar-refractivity contribution in [2.24, 2.45) is 0 Å².